The van der Waals surface area contributed by atoms with Crippen molar-refractivity contribution in [2.24, 2.45) is 0 Å². The third kappa shape index (κ3) is 3.61. The summed E-state index contributed by atoms with van der Waals surface area (Å²) in [6.45, 7) is 1.53. The van der Waals surface area contributed by atoms with Crippen LogP contribution in [0.3, 0.4) is 0 Å². The van der Waals surface area contributed by atoms with Crippen LogP contribution in [0.4, 0.5) is 5.69 Å². The second-order valence-corrected chi connectivity index (χ2v) is 8.00. The van der Waals surface area contributed by atoms with Crippen molar-refractivity contribution in [1.82, 2.24) is 0 Å². The van der Waals surface area contributed by atoms with Crippen molar-refractivity contribution in [3.8, 4) is 11.8 Å². The van der Waals surface area contributed by atoms with Gasteiger partial charge in [-0.15, -0.1) is 0 Å². The van der Waals surface area contributed by atoms with E-state index in [1.165, 1.54) is 6.92 Å². The van der Waals surface area contributed by atoms with Crippen LogP contribution in [-0.2, 0) is 19.9 Å². The Labute approximate surface area is 117 Å². The first-order chi connectivity index (χ1) is 9.11. The number of nitriles is 1. The number of benzene rings is 1. The number of nitrogens with zero attached hydrogens (tertiary/aromatic N) is 1. The molecule has 0 radical (unpaired) electrons. The second kappa shape index (κ2) is 5.68. The number of sulfonamides is 1. The van der Waals surface area contributed by atoms with E-state index >= 15 is 0 Å². The molecule has 0 amide bonds. The highest BCUT2D eigenvalue weighted by Gasteiger charge is 2.25. The minimum atomic E-state index is -4.03. The smallest absolute Gasteiger partial charge is 0.249 e. The number of hydrogen-bond acceptors (Lipinski definition) is 6. The lowest BCUT2D eigenvalue weighted by Gasteiger charge is -2.13. The average molecular weight is 318 g/mol. The predicted octanol–water partition coefficient (Wildman–Crippen LogP) is 0.840. The highest BCUT2D eigenvalue weighted by molar-refractivity contribution is 7.93. The lowest BCUT2D eigenvalue weighted by molar-refractivity contribution is 0.477. The molecule has 0 aromatic heterocycles. The van der Waals surface area contributed by atoms with Gasteiger partial charge in [-0.1, -0.05) is 6.92 Å². The molecule has 7 nitrogen and oxygen atoms in total. The highest BCUT2D eigenvalue weighted by Crippen LogP contribution is 2.28. The van der Waals surface area contributed by atoms with E-state index in [2.05, 4.69) is 0 Å². The molecule has 20 heavy (non-hydrogen) atoms. The molecule has 0 bridgehead atoms. The van der Waals surface area contributed by atoms with Crippen LogP contribution < -0.4 is 4.72 Å². The van der Waals surface area contributed by atoms with Crippen molar-refractivity contribution in [3.05, 3.63) is 18.2 Å². The monoisotopic (exact) mass is 318 g/mol. The number of hydrogen-bond donors (Lipinski definition) is 2. The Morgan fingerprint density at radius 3 is 2.40 bits per heavy atom. The van der Waals surface area contributed by atoms with Crippen molar-refractivity contribution in [1.29, 1.82) is 5.26 Å². The molecule has 0 fully saturated rings. The van der Waals surface area contributed by atoms with E-state index in [9.17, 15) is 21.9 Å². The minimum Gasteiger partial charge on any atom is -0.506 e. The highest BCUT2D eigenvalue weighted by atomic mass is 32.2. The van der Waals surface area contributed by atoms with Crippen LogP contribution in [0.5, 0.6) is 5.75 Å². The molecule has 0 aliphatic carbocycles. The van der Waals surface area contributed by atoms with E-state index in [0.29, 0.717) is 0 Å². The van der Waals surface area contributed by atoms with E-state index < -0.39 is 30.9 Å². The molecule has 0 saturated heterocycles. The van der Waals surface area contributed by atoms with Crippen LogP contribution in [0.2, 0.25) is 0 Å². The van der Waals surface area contributed by atoms with E-state index in [4.69, 9.17) is 5.26 Å². The molecule has 1 rings (SSSR count). The third-order valence-corrected chi connectivity index (χ3v) is 5.34. The van der Waals surface area contributed by atoms with Gasteiger partial charge in [0.1, 0.15) is 5.75 Å². The summed E-state index contributed by atoms with van der Waals surface area (Å²) >= 11 is 0. The van der Waals surface area contributed by atoms with E-state index in [1.807, 2.05) is 4.72 Å². The first-order valence-corrected chi connectivity index (χ1v) is 9.00. The summed E-state index contributed by atoms with van der Waals surface area (Å²) in [4.78, 5) is -0.141. The maximum Gasteiger partial charge on any atom is 0.249 e. The Morgan fingerprint density at radius 2 is 1.95 bits per heavy atom. The van der Waals surface area contributed by atoms with Gasteiger partial charge in [-0.25, -0.2) is 16.8 Å². The lowest BCUT2D eigenvalue weighted by atomic mass is 10.3. The number of sulfone groups is 1. The minimum absolute atomic E-state index is 0.0678. The molecule has 1 atom stereocenters. The molecule has 0 aliphatic rings. The van der Waals surface area contributed by atoms with Crippen LogP contribution in [0.25, 0.3) is 0 Å². The largest absolute Gasteiger partial charge is 0.506 e. The molecule has 9 heteroatoms. The second-order valence-electron chi connectivity index (χ2n) is 4.12. The predicted molar refractivity (Wildman–Crippen MR) is 73.5 cm³/mol. The number of phenolic OH excluding ortho intramolecular Hbond substituents is 1. The summed E-state index contributed by atoms with van der Waals surface area (Å²) in [6.07, 6.45) is 1.03. The Kier molecular flexibility index (Phi) is 4.62. The van der Waals surface area contributed by atoms with Crippen LogP contribution in [0, 0.1) is 11.3 Å². The Morgan fingerprint density at radius 1 is 1.35 bits per heavy atom. The number of phenols is 1. The van der Waals surface area contributed by atoms with Gasteiger partial charge in [0.15, 0.2) is 15.1 Å². The summed E-state index contributed by atoms with van der Waals surface area (Å²) in [6, 6.07) is 4.86. The molecule has 0 saturated carbocycles. The zero-order chi connectivity index (χ0) is 15.6. The topological polar surface area (TPSA) is 124 Å². The zero-order valence-electron chi connectivity index (χ0n) is 10.9. The fourth-order valence-corrected chi connectivity index (χ4v) is 3.27. The summed E-state index contributed by atoms with van der Waals surface area (Å²) in [5.74, 6) is -0.422. The summed E-state index contributed by atoms with van der Waals surface area (Å²) in [5.41, 5.74) is -0.276. The third-order valence-electron chi connectivity index (χ3n) is 2.54. The van der Waals surface area contributed by atoms with Gasteiger partial charge in [0.25, 0.3) is 0 Å². The summed E-state index contributed by atoms with van der Waals surface area (Å²) < 4.78 is 48.6. The fraction of sp³-hybridized carbons (Fsp3) is 0.364. The number of anilines is 1. The lowest BCUT2D eigenvalue weighted by Crippen LogP contribution is -2.26. The number of rotatable bonds is 5. The molecule has 1 unspecified atom stereocenters. The molecule has 1 aromatic carbocycles. The van der Waals surface area contributed by atoms with Gasteiger partial charge < -0.3 is 5.11 Å². The van der Waals surface area contributed by atoms with Crippen molar-refractivity contribution in [2.45, 2.75) is 23.5 Å². The van der Waals surface area contributed by atoms with Crippen LogP contribution in [-0.4, -0.2) is 33.4 Å². The maximum absolute atomic E-state index is 11.9. The van der Waals surface area contributed by atoms with Crippen LogP contribution >= 0.6 is 0 Å². The van der Waals surface area contributed by atoms with Crippen molar-refractivity contribution < 1.29 is 21.9 Å². The van der Waals surface area contributed by atoms with Gasteiger partial charge in [-0.05, 0) is 24.6 Å². The zero-order valence-corrected chi connectivity index (χ0v) is 12.5. The normalized spacial score (nSPS) is 13.4. The van der Waals surface area contributed by atoms with E-state index in [1.54, 1.807) is 6.07 Å². The summed E-state index contributed by atoms with van der Waals surface area (Å²) in [5, 5.41) is 17.1. The van der Waals surface area contributed by atoms with Crippen molar-refractivity contribution in [2.75, 3.05) is 11.0 Å². The van der Waals surface area contributed by atoms with Gasteiger partial charge in [-0.3, -0.25) is 4.72 Å². The molecule has 0 heterocycles. The standard InChI is InChI=1S/C11H14N2O5S2/c1-3-8(7-12)20(17,18)13-10-6-9(19(2,15)16)4-5-11(10)14/h4-6,8,13-14H,3H2,1-2H3. The molecule has 2 N–H and O–H groups in total. The quantitative estimate of drug-likeness (QED) is 0.775. The van der Waals surface area contributed by atoms with E-state index in [-0.39, 0.29) is 17.0 Å². The van der Waals surface area contributed by atoms with Crippen LogP contribution in [0.15, 0.2) is 23.1 Å². The number of nitrogens with one attached hydrogen (secondary N) is 1. The maximum atomic E-state index is 11.9. The van der Waals surface area contributed by atoms with Gasteiger partial charge in [-0.2, -0.15) is 5.26 Å². The fourth-order valence-electron chi connectivity index (χ4n) is 1.43. The van der Waals surface area contributed by atoms with Crippen LogP contribution in [0.1, 0.15) is 13.3 Å². The molecule has 0 aliphatic heterocycles. The molecule has 0 spiro atoms. The molecule has 1 aromatic rings. The van der Waals surface area contributed by atoms with Gasteiger partial charge in [0.05, 0.1) is 16.7 Å². The SMILES string of the molecule is CCC(C#N)S(=O)(=O)Nc1cc(S(C)(=O)=O)ccc1O. The number of aromatic hydroxyl groups is 1. The molecule has 110 valence electrons. The summed E-state index contributed by atoms with van der Waals surface area (Å²) in [7, 11) is -7.57. The van der Waals surface area contributed by atoms with Gasteiger partial charge in [0, 0.05) is 6.26 Å². The Hall–Kier alpha value is -1.79. The van der Waals surface area contributed by atoms with E-state index in [0.717, 1.165) is 24.5 Å². The Balaban J connectivity index is 3.26. The van der Waals surface area contributed by atoms with Crippen molar-refractivity contribution in [3.63, 3.8) is 0 Å². The Bertz CT molecular complexity index is 748. The average Bonchev–Trinajstić information content (AvgIpc) is 2.31. The first kappa shape index (κ1) is 16.3. The van der Waals surface area contributed by atoms with Crippen molar-refractivity contribution >= 4 is 25.5 Å². The van der Waals surface area contributed by atoms with Gasteiger partial charge >= 0.3 is 0 Å². The van der Waals surface area contributed by atoms with Gasteiger partial charge in [0.2, 0.25) is 10.0 Å². The molecular formula is C11H14N2O5S2. The molecular weight excluding hydrogens is 304 g/mol. The first-order valence-electron chi connectivity index (χ1n) is 5.56.